The van der Waals surface area contributed by atoms with Gasteiger partial charge in [-0.15, -0.1) is 0 Å². The minimum atomic E-state index is -4.69. The Morgan fingerprint density at radius 2 is 1.62 bits per heavy atom. The van der Waals surface area contributed by atoms with Crippen molar-refractivity contribution in [3.63, 3.8) is 0 Å². The molecule has 37 heavy (non-hydrogen) atoms. The summed E-state index contributed by atoms with van der Waals surface area (Å²) in [6, 6.07) is 15.8. The maximum atomic E-state index is 13.0. The zero-order chi connectivity index (χ0) is 27.2. The normalized spacial score (nSPS) is 12.5. The molecule has 0 heterocycles. The number of rotatable bonds is 9. The number of anilines is 1. The molecule has 1 atom stereocenters. The van der Waals surface area contributed by atoms with E-state index in [9.17, 15) is 26.4 Å². The first kappa shape index (κ1) is 27.9. The largest absolute Gasteiger partial charge is 0.497 e. The molecule has 0 saturated carbocycles. The number of nitrogens with one attached hydrogen (secondary N) is 1. The Hall–Kier alpha value is -3.73. The van der Waals surface area contributed by atoms with Crippen molar-refractivity contribution in [3.05, 3.63) is 83.9 Å². The molecule has 0 radical (unpaired) electrons. The van der Waals surface area contributed by atoms with Gasteiger partial charge >= 0.3 is 22.3 Å². The van der Waals surface area contributed by atoms with Crippen LogP contribution < -0.4 is 14.2 Å². The number of halogens is 3. The van der Waals surface area contributed by atoms with Crippen molar-refractivity contribution in [3.8, 4) is 11.5 Å². The molecule has 1 unspecified atom stereocenters. The number of hydrogen-bond acceptors (Lipinski definition) is 5. The maximum absolute atomic E-state index is 13.0. The molecule has 3 rings (SSSR count). The Bertz CT molecular complexity index is 1310. The Kier molecular flexibility index (Phi) is 8.69. The molecular formula is C26H27F3N2O5S. The Balaban J connectivity index is 1.72. The first-order valence-electron chi connectivity index (χ1n) is 11.4. The smallest absolute Gasteiger partial charge is 0.416 e. The molecule has 0 fully saturated rings. The molecule has 7 nitrogen and oxygen atoms in total. The first-order chi connectivity index (χ1) is 17.4. The molecule has 1 N–H and O–H groups in total. The molecule has 0 bridgehead atoms. The highest BCUT2D eigenvalue weighted by atomic mass is 32.2. The highest BCUT2D eigenvalue weighted by molar-refractivity contribution is 7.87. The second-order valence-electron chi connectivity index (χ2n) is 8.25. The van der Waals surface area contributed by atoms with E-state index in [1.165, 1.54) is 12.1 Å². The molecule has 0 aliphatic heterocycles. The number of carbonyl (C=O) groups is 1. The van der Waals surface area contributed by atoms with Crippen LogP contribution in [0.5, 0.6) is 11.5 Å². The van der Waals surface area contributed by atoms with Crippen LogP contribution in [0.1, 0.15) is 31.4 Å². The predicted molar refractivity (Wildman–Crippen MR) is 133 cm³/mol. The summed E-state index contributed by atoms with van der Waals surface area (Å²) in [6.07, 6.45) is -3.99. The van der Waals surface area contributed by atoms with Gasteiger partial charge in [-0.2, -0.15) is 21.6 Å². The number of nitrogens with zero attached hydrogens (tertiary/aromatic N) is 1. The molecule has 0 aliphatic rings. The fourth-order valence-corrected chi connectivity index (χ4v) is 4.34. The second-order valence-corrected chi connectivity index (χ2v) is 9.80. The minimum absolute atomic E-state index is 0.0704. The molecule has 0 saturated heterocycles. The summed E-state index contributed by atoms with van der Waals surface area (Å²) in [5.41, 5.74) is 0.210. The van der Waals surface area contributed by atoms with Crippen LogP contribution >= 0.6 is 0 Å². The molecule has 3 aromatic rings. The Morgan fingerprint density at radius 1 is 1.00 bits per heavy atom. The van der Waals surface area contributed by atoms with Crippen molar-refractivity contribution in [1.29, 1.82) is 0 Å². The van der Waals surface area contributed by atoms with E-state index in [2.05, 4.69) is 5.32 Å². The van der Waals surface area contributed by atoms with Crippen molar-refractivity contribution < 1.29 is 35.3 Å². The predicted octanol–water partition coefficient (Wildman–Crippen LogP) is 6.31. The lowest BCUT2D eigenvalue weighted by Crippen LogP contribution is -2.40. The molecule has 3 aromatic carbocycles. The van der Waals surface area contributed by atoms with E-state index in [0.717, 1.165) is 18.2 Å². The van der Waals surface area contributed by atoms with Crippen molar-refractivity contribution in [2.75, 3.05) is 12.4 Å². The van der Waals surface area contributed by atoms with Gasteiger partial charge in [-0.05, 0) is 73.5 Å². The van der Waals surface area contributed by atoms with Crippen LogP contribution in [0.4, 0.5) is 23.7 Å². The zero-order valence-corrected chi connectivity index (χ0v) is 21.3. The Morgan fingerprint density at radius 3 is 2.19 bits per heavy atom. The highest BCUT2D eigenvalue weighted by Gasteiger charge is 2.32. The zero-order valence-electron chi connectivity index (χ0n) is 20.5. The van der Waals surface area contributed by atoms with Crippen LogP contribution in [-0.2, 0) is 22.8 Å². The highest BCUT2D eigenvalue weighted by Crippen LogP contribution is 2.31. The number of alkyl halides is 3. The van der Waals surface area contributed by atoms with Crippen molar-refractivity contribution >= 4 is 21.8 Å². The first-order valence-corrected chi connectivity index (χ1v) is 12.8. The molecule has 0 aromatic heterocycles. The standard InChI is InChI=1S/C26H27F3N2O5S/c1-4-18(2)31(25(32)30-21-10-14-22(35-3)15-11-21)17-19-8-12-23(13-9-19)36-37(33,34)24-7-5-6-20(16-24)26(27,28)29/h5-16,18H,4,17H2,1-3H3,(H,30,32). The molecule has 198 valence electrons. The monoisotopic (exact) mass is 536 g/mol. The van der Waals surface area contributed by atoms with Gasteiger partial charge in [-0.25, -0.2) is 4.79 Å². The van der Waals surface area contributed by atoms with Crippen molar-refractivity contribution in [1.82, 2.24) is 4.90 Å². The lowest BCUT2D eigenvalue weighted by atomic mass is 10.1. The second kappa shape index (κ2) is 11.5. The quantitative estimate of drug-likeness (QED) is 0.324. The average Bonchev–Trinajstić information content (AvgIpc) is 2.87. The van der Waals surface area contributed by atoms with Crippen LogP contribution in [0.25, 0.3) is 0 Å². The SMILES string of the molecule is CCC(C)N(Cc1ccc(OS(=O)(=O)c2cccc(C(F)(F)F)c2)cc1)C(=O)Nc1ccc(OC)cc1. The fraction of sp³-hybridized carbons (Fsp3) is 0.269. The number of methoxy groups -OCH3 is 1. The van der Waals surface area contributed by atoms with Crippen LogP contribution in [0.3, 0.4) is 0 Å². The maximum Gasteiger partial charge on any atom is 0.416 e. The molecule has 11 heteroatoms. The van der Waals surface area contributed by atoms with Crippen LogP contribution in [0, 0.1) is 0 Å². The topological polar surface area (TPSA) is 84.9 Å². The van der Waals surface area contributed by atoms with E-state index in [1.54, 1.807) is 48.4 Å². The summed E-state index contributed by atoms with van der Waals surface area (Å²) in [7, 11) is -2.94. The van der Waals surface area contributed by atoms with Crippen molar-refractivity contribution in [2.45, 2.75) is 43.9 Å². The van der Waals surface area contributed by atoms with Gasteiger partial charge in [-0.1, -0.05) is 25.1 Å². The molecule has 0 aliphatic carbocycles. The number of urea groups is 1. The van der Waals surface area contributed by atoms with Gasteiger partial charge in [0.1, 0.15) is 16.4 Å². The van der Waals surface area contributed by atoms with E-state index in [0.29, 0.717) is 29.5 Å². The van der Waals surface area contributed by atoms with Gasteiger partial charge in [0.25, 0.3) is 0 Å². The van der Waals surface area contributed by atoms with Gasteiger partial charge in [0.05, 0.1) is 12.7 Å². The summed E-state index contributed by atoms with van der Waals surface area (Å²) in [5, 5.41) is 2.85. The number of carbonyl (C=O) groups excluding carboxylic acids is 1. The third-order valence-electron chi connectivity index (χ3n) is 5.66. The van der Waals surface area contributed by atoms with E-state index in [-0.39, 0.29) is 24.4 Å². The molecule has 2 amide bonds. The summed E-state index contributed by atoms with van der Waals surface area (Å²) in [5.74, 6) is 0.591. The lowest BCUT2D eigenvalue weighted by molar-refractivity contribution is -0.137. The number of benzene rings is 3. The van der Waals surface area contributed by atoms with Crippen LogP contribution in [0.2, 0.25) is 0 Å². The number of hydrogen-bond donors (Lipinski definition) is 1. The Labute approximate surface area is 213 Å². The van der Waals surface area contributed by atoms with E-state index < -0.39 is 26.8 Å². The van der Waals surface area contributed by atoms with E-state index in [4.69, 9.17) is 8.92 Å². The summed E-state index contributed by atoms with van der Waals surface area (Å²) < 4.78 is 74.0. The summed E-state index contributed by atoms with van der Waals surface area (Å²) in [6.45, 7) is 4.10. The van der Waals surface area contributed by atoms with E-state index >= 15 is 0 Å². The van der Waals surface area contributed by atoms with Gasteiger partial charge in [0.2, 0.25) is 0 Å². The van der Waals surface area contributed by atoms with Gasteiger partial charge in [0.15, 0.2) is 0 Å². The third-order valence-corrected chi connectivity index (χ3v) is 6.90. The number of ether oxygens (including phenoxy) is 1. The summed E-state index contributed by atoms with van der Waals surface area (Å²) in [4.78, 5) is 14.0. The van der Waals surface area contributed by atoms with Crippen LogP contribution in [0.15, 0.2) is 77.7 Å². The minimum Gasteiger partial charge on any atom is -0.497 e. The summed E-state index contributed by atoms with van der Waals surface area (Å²) >= 11 is 0. The third kappa shape index (κ3) is 7.39. The number of amides is 2. The van der Waals surface area contributed by atoms with Gasteiger partial charge in [-0.3, -0.25) is 0 Å². The van der Waals surface area contributed by atoms with Crippen molar-refractivity contribution in [2.24, 2.45) is 0 Å². The molecule has 0 spiro atoms. The average molecular weight is 537 g/mol. The van der Waals surface area contributed by atoms with Gasteiger partial charge < -0.3 is 19.1 Å². The van der Waals surface area contributed by atoms with Crippen LogP contribution in [-0.4, -0.2) is 32.5 Å². The van der Waals surface area contributed by atoms with Gasteiger partial charge in [0, 0.05) is 18.3 Å². The van der Waals surface area contributed by atoms with E-state index in [1.807, 2.05) is 13.8 Å². The molecular weight excluding hydrogens is 509 g/mol. The fourth-order valence-electron chi connectivity index (χ4n) is 3.37. The lowest BCUT2D eigenvalue weighted by Gasteiger charge is -2.29.